The van der Waals surface area contributed by atoms with Crippen LogP contribution < -0.4 is 0 Å². The van der Waals surface area contributed by atoms with Crippen molar-refractivity contribution in [3.63, 3.8) is 0 Å². The van der Waals surface area contributed by atoms with Crippen molar-refractivity contribution in [3.8, 4) is 0 Å². The molecule has 0 unspecified atom stereocenters. The summed E-state index contributed by atoms with van der Waals surface area (Å²) >= 11 is 0. The molecule has 1 rings (SSSR count). The van der Waals surface area contributed by atoms with Crippen LogP contribution in [0.1, 0.15) is 5.56 Å². The van der Waals surface area contributed by atoms with E-state index in [0.29, 0.717) is 0 Å². The zero-order chi connectivity index (χ0) is 7.11. The first-order valence-corrected chi connectivity index (χ1v) is 2.64. The minimum atomic E-state index is 0. The molecule has 0 fully saturated rings. The average Bonchev–Trinajstić information content (AvgIpc) is 1.94. The molecule has 1 aromatic carbocycles. The fourth-order valence-electron chi connectivity index (χ4n) is 0.470. The van der Waals surface area contributed by atoms with Gasteiger partial charge in [-0.05, 0) is 0 Å². The monoisotopic (exact) mass is 180 g/mol. The summed E-state index contributed by atoms with van der Waals surface area (Å²) in [5.41, 5.74) is 1.29. The van der Waals surface area contributed by atoms with Crippen molar-refractivity contribution >= 4 is 0 Å². The molecule has 10 heavy (non-hydrogen) atoms. The van der Waals surface area contributed by atoms with Crippen LogP contribution >= 0.6 is 0 Å². The molecule has 0 aliphatic carbocycles. The minimum Gasteiger partial charge on any atom is -0.569 e. The molecule has 1 nitrogen and oxygen atoms in total. The Bertz CT molecular complexity index is 139. The molecule has 0 saturated carbocycles. The third-order valence-corrected chi connectivity index (χ3v) is 0.885. The van der Waals surface area contributed by atoms with Crippen LogP contribution in [0.4, 0.5) is 0 Å². The summed E-state index contributed by atoms with van der Waals surface area (Å²) in [6.07, 6.45) is 0. The van der Waals surface area contributed by atoms with Crippen molar-refractivity contribution in [3.05, 3.63) is 43.0 Å². The van der Waals surface area contributed by atoms with Crippen LogP contribution in [0.15, 0.2) is 24.3 Å². The van der Waals surface area contributed by atoms with Gasteiger partial charge in [-0.1, -0.05) is 6.92 Å². The summed E-state index contributed by atoms with van der Waals surface area (Å²) < 4.78 is 0. The summed E-state index contributed by atoms with van der Waals surface area (Å²) in [5.74, 6) is 0. The van der Waals surface area contributed by atoms with Gasteiger partial charge in [0.15, 0.2) is 0 Å². The normalized spacial score (nSPS) is 6.70. The van der Waals surface area contributed by atoms with Gasteiger partial charge in [0.05, 0.1) is 0 Å². The van der Waals surface area contributed by atoms with E-state index in [-0.39, 0.29) is 16.5 Å². The first-order valence-electron chi connectivity index (χ1n) is 2.64. The van der Waals surface area contributed by atoms with Crippen LogP contribution in [0.3, 0.4) is 0 Å². The molecule has 2 heteroatoms. The molecule has 0 aromatic heterocycles. The van der Waals surface area contributed by atoms with E-state index in [4.69, 9.17) is 5.11 Å². The maximum absolute atomic E-state index is 6.75. The Morgan fingerprint density at radius 2 is 1.70 bits per heavy atom. The third kappa shape index (κ3) is 5.80. The minimum absolute atomic E-state index is 0. The van der Waals surface area contributed by atoms with Gasteiger partial charge >= 0.3 is 16.5 Å². The maximum Gasteiger partial charge on any atom is 2.00 e. The van der Waals surface area contributed by atoms with E-state index in [2.05, 4.69) is 20.1 Å². The van der Waals surface area contributed by atoms with E-state index < -0.39 is 0 Å². The maximum atomic E-state index is 6.75. The molecule has 0 atom stereocenters. The molecule has 0 heterocycles. The van der Waals surface area contributed by atoms with Crippen molar-refractivity contribution in [2.75, 3.05) is 0 Å². The van der Waals surface area contributed by atoms with Gasteiger partial charge in [0, 0.05) is 0 Å². The second kappa shape index (κ2) is 8.67. The Morgan fingerprint density at radius 1 is 1.30 bits per heavy atom. The predicted molar refractivity (Wildman–Crippen MR) is 37.3 cm³/mol. The van der Waals surface area contributed by atoms with Gasteiger partial charge in [0.2, 0.25) is 0 Å². The molecule has 1 N–H and O–H groups in total. The zero-order valence-corrected chi connectivity index (χ0v) is 6.77. The molecular weight excluding hydrogens is 171 g/mol. The average molecular weight is 181 g/mol. The SMILES string of the molecule is Cc1cc[c-]cc1.[CH2-]O.[Ni+2]. The first-order chi connectivity index (χ1) is 4.39. The second-order valence-corrected chi connectivity index (χ2v) is 1.58. The van der Waals surface area contributed by atoms with Crippen molar-refractivity contribution in [1.82, 2.24) is 0 Å². The van der Waals surface area contributed by atoms with Crippen LogP contribution in [0.5, 0.6) is 0 Å². The van der Waals surface area contributed by atoms with Gasteiger partial charge in [-0.2, -0.15) is 35.9 Å². The number of aliphatic hydroxyl groups is 1. The van der Waals surface area contributed by atoms with Gasteiger partial charge < -0.3 is 5.11 Å². The van der Waals surface area contributed by atoms with Crippen LogP contribution in [-0.4, -0.2) is 5.11 Å². The number of hydrogen-bond acceptors (Lipinski definition) is 1. The number of aliphatic hydroxyl groups excluding tert-OH is 1. The van der Waals surface area contributed by atoms with Crippen molar-refractivity contribution in [2.24, 2.45) is 0 Å². The van der Waals surface area contributed by atoms with Crippen molar-refractivity contribution in [2.45, 2.75) is 6.92 Å². The number of aryl methyl sites for hydroxylation is 1. The topological polar surface area (TPSA) is 20.2 Å². The first kappa shape index (κ1) is 12.4. The molecule has 0 aliphatic heterocycles. The van der Waals surface area contributed by atoms with Gasteiger partial charge in [0.1, 0.15) is 0 Å². The molecule has 0 radical (unpaired) electrons. The summed E-state index contributed by atoms with van der Waals surface area (Å²) in [5, 5.41) is 6.75. The van der Waals surface area contributed by atoms with E-state index in [9.17, 15) is 0 Å². The van der Waals surface area contributed by atoms with Crippen molar-refractivity contribution < 1.29 is 21.6 Å². The predicted octanol–water partition coefficient (Wildman–Crippen LogP) is 1.94. The van der Waals surface area contributed by atoms with Crippen LogP contribution in [0.25, 0.3) is 0 Å². The van der Waals surface area contributed by atoms with Gasteiger partial charge in [-0.15, -0.1) is 0 Å². The number of hydrogen-bond donors (Lipinski definition) is 1. The van der Waals surface area contributed by atoms with Crippen LogP contribution in [-0.2, 0) is 16.5 Å². The van der Waals surface area contributed by atoms with E-state index in [1.54, 1.807) is 0 Å². The standard InChI is InChI=1S/C7H7.CH3O.Ni/c1-7-5-3-2-4-6-7;1-2;/h3-6H,1H3;2H,1H2;/q2*-1;+2. The van der Waals surface area contributed by atoms with Gasteiger partial charge in [-0.25, -0.2) is 7.11 Å². The quantitative estimate of drug-likeness (QED) is 0.478. The molecule has 0 saturated heterocycles. The number of benzene rings is 1. The Balaban J connectivity index is 0. The van der Waals surface area contributed by atoms with Gasteiger partial charge in [0.25, 0.3) is 0 Å². The molecule has 0 amide bonds. The molecule has 0 spiro atoms. The molecule has 1 aromatic rings. The zero-order valence-electron chi connectivity index (χ0n) is 5.78. The molecule has 58 valence electrons. The fourth-order valence-corrected chi connectivity index (χ4v) is 0.470. The van der Waals surface area contributed by atoms with Crippen LogP contribution in [0, 0.1) is 20.1 Å². The summed E-state index contributed by atoms with van der Waals surface area (Å²) in [4.78, 5) is 0. The van der Waals surface area contributed by atoms with E-state index in [0.717, 1.165) is 0 Å². The summed E-state index contributed by atoms with van der Waals surface area (Å²) in [6, 6.07) is 10.8. The molecule has 0 bridgehead atoms. The van der Waals surface area contributed by atoms with Crippen molar-refractivity contribution in [1.29, 1.82) is 0 Å². The van der Waals surface area contributed by atoms with Gasteiger partial charge in [-0.3, -0.25) is 0 Å². The Kier molecular flexibility index (Phi) is 10.7. The second-order valence-electron chi connectivity index (χ2n) is 1.58. The molecule has 0 aliphatic rings. The van der Waals surface area contributed by atoms with E-state index in [1.807, 2.05) is 24.3 Å². The molecular formula is C8H10NiO. The van der Waals surface area contributed by atoms with E-state index >= 15 is 0 Å². The Morgan fingerprint density at radius 3 is 1.90 bits per heavy atom. The Labute approximate surface area is 72.0 Å². The van der Waals surface area contributed by atoms with Crippen LogP contribution in [0.2, 0.25) is 0 Å². The third-order valence-electron chi connectivity index (χ3n) is 0.885. The fraction of sp³-hybridized carbons (Fsp3) is 0.125. The smallest absolute Gasteiger partial charge is 0.569 e. The summed E-state index contributed by atoms with van der Waals surface area (Å²) in [6.45, 7) is 2.06. The summed E-state index contributed by atoms with van der Waals surface area (Å²) in [7, 11) is 2.25. The van der Waals surface area contributed by atoms with E-state index in [1.165, 1.54) is 5.56 Å². The largest absolute Gasteiger partial charge is 2.00 e. The number of rotatable bonds is 0. The Hall–Kier alpha value is -0.326.